The van der Waals surface area contributed by atoms with Crippen molar-refractivity contribution in [3.05, 3.63) is 35.5 Å². The van der Waals surface area contributed by atoms with Gasteiger partial charge in [0, 0.05) is 23.7 Å². The van der Waals surface area contributed by atoms with E-state index in [1.54, 1.807) is 13.1 Å². The number of hydrogen-bond donors (Lipinski definition) is 1. The summed E-state index contributed by atoms with van der Waals surface area (Å²) in [6.45, 7) is 2.39. The monoisotopic (exact) mass is 267 g/mol. The third-order valence-electron chi connectivity index (χ3n) is 2.75. The van der Waals surface area contributed by atoms with Crippen molar-refractivity contribution < 1.29 is 14.6 Å². The Balaban J connectivity index is 2.33. The summed E-state index contributed by atoms with van der Waals surface area (Å²) in [7, 11) is 0. The molecule has 2 aromatic rings. The lowest BCUT2D eigenvalue weighted by Gasteiger charge is -2.13. The topological polar surface area (TPSA) is 51.5 Å². The first kappa shape index (κ1) is 12.9. The number of hydrogen-bond acceptors (Lipinski definition) is 2. The fourth-order valence-corrected chi connectivity index (χ4v) is 2.21. The molecule has 18 heavy (non-hydrogen) atoms. The SMILES string of the molecule is CCOC(Cn1cc(Cl)c2ccccc21)C(=O)O. The van der Waals surface area contributed by atoms with Gasteiger partial charge in [0.1, 0.15) is 0 Å². The Labute approximate surface area is 110 Å². The van der Waals surface area contributed by atoms with Gasteiger partial charge in [0.25, 0.3) is 0 Å². The molecule has 1 aromatic heterocycles. The van der Waals surface area contributed by atoms with Gasteiger partial charge in [0.05, 0.1) is 11.6 Å². The van der Waals surface area contributed by atoms with Crippen LogP contribution < -0.4 is 0 Å². The maximum absolute atomic E-state index is 11.1. The maximum atomic E-state index is 11.1. The van der Waals surface area contributed by atoms with E-state index in [4.69, 9.17) is 21.4 Å². The number of para-hydroxylation sites is 1. The van der Waals surface area contributed by atoms with Crippen molar-refractivity contribution in [1.29, 1.82) is 0 Å². The van der Waals surface area contributed by atoms with Crippen LogP contribution in [-0.2, 0) is 16.1 Å². The maximum Gasteiger partial charge on any atom is 0.334 e. The van der Waals surface area contributed by atoms with E-state index in [1.165, 1.54) is 0 Å². The molecule has 2 rings (SSSR count). The molecule has 0 fully saturated rings. The van der Waals surface area contributed by atoms with Gasteiger partial charge < -0.3 is 14.4 Å². The molecule has 1 aromatic carbocycles. The van der Waals surface area contributed by atoms with Gasteiger partial charge in [-0.2, -0.15) is 0 Å². The lowest BCUT2D eigenvalue weighted by molar-refractivity contribution is -0.150. The van der Waals surface area contributed by atoms with Crippen LogP contribution in [0.5, 0.6) is 0 Å². The minimum atomic E-state index is -0.967. The van der Waals surface area contributed by atoms with E-state index in [2.05, 4.69) is 0 Å². The number of carboxylic acid groups (broad SMARTS) is 1. The van der Waals surface area contributed by atoms with E-state index in [9.17, 15) is 4.79 Å². The van der Waals surface area contributed by atoms with Crippen molar-refractivity contribution in [1.82, 2.24) is 4.57 Å². The lowest BCUT2D eigenvalue weighted by Crippen LogP contribution is -2.28. The smallest absolute Gasteiger partial charge is 0.334 e. The molecule has 0 saturated heterocycles. The number of rotatable bonds is 5. The summed E-state index contributed by atoms with van der Waals surface area (Å²) in [5.41, 5.74) is 0.911. The van der Waals surface area contributed by atoms with Gasteiger partial charge >= 0.3 is 5.97 Å². The van der Waals surface area contributed by atoms with Crippen LogP contribution in [0.25, 0.3) is 10.9 Å². The highest BCUT2D eigenvalue weighted by Crippen LogP contribution is 2.25. The second kappa shape index (κ2) is 5.42. The molecule has 0 aliphatic carbocycles. The van der Waals surface area contributed by atoms with Crippen LogP contribution in [0.2, 0.25) is 5.02 Å². The van der Waals surface area contributed by atoms with E-state index >= 15 is 0 Å². The Hall–Kier alpha value is -1.52. The molecule has 0 radical (unpaired) electrons. The summed E-state index contributed by atoms with van der Waals surface area (Å²) < 4.78 is 7.01. The van der Waals surface area contributed by atoms with Gasteiger partial charge in [-0.1, -0.05) is 29.8 Å². The summed E-state index contributed by atoms with van der Waals surface area (Å²) in [5, 5.41) is 10.6. The molecule has 4 nitrogen and oxygen atoms in total. The molecular weight excluding hydrogens is 254 g/mol. The molecular formula is C13H14ClNO3. The molecule has 0 aliphatic rings. The van der Waals surface area contributed by atoms with E-state index in [1.807, 2.05) is 28.8 Å². The van der Waals surface area contributed by atoms with Crippen LogP contribution in [0.4, 0.5) is 0 Å². The fourth-order valence-electron chi connectivity index (χ4n) is 1.93. The highest BCUT2D eigenvalue weighted by atomic mass is 35.5. The van der Waals surface area contributed by atoms with Crippen molar-refractivity contribution in [2.45, 2.75) is 19.6 Å². The molecule has 0 saturated carbocycles. The summed E-state index contributed by atoms with van der Waals surface area (Å²) in [5.74, 6) is -0.967. The summed E-state index contributed by atoms with van der Waals surface area (Å²) >= 11 is 6.11. The molecule has 1 unspecified atom stereocenters. The molecule has 5 heteroatoms. The van der Waals surface area contributed by atoms with Crippen LogP contribution in [0.15, 0.2) is 30.5 Å². The van der Waals surface area contributed by atoms with Gasteiger partial charge in [-0.3, -0.25) is 0 Å². The van der Waals surface area contributed by atoms with Crippen molar-refractivity contribution in [2.24, 2.45) is 0 Å². The van der Waals surface area contributed by atoms with Crippen LogP contribution in [0, 0.1) is 0 Å². The third kappa shape index (κ3) is 2.49. The number of carboxylic acids is 1. The number of aliphatic carboxylic acids is 1. The number of nitrogens with zero attached hydrogens (tertiary/aromatic N) is 1. The van der Waals surface area contributed by atoms with E-state index in [0.29, 0.717) is 11.6 Å². The normalized spacial score (nSPS) is 12.8. The predicted octanol–water partition coefficient (Wildman–Crippen LogP) is 2.78. The van der Waals surface area contributed by atoms with Crippen LogP contribution in [0.1, 0.15) is 6.92 Å². The van der Waals surface area contributed by atoms with Crippen molar-refractivity contribution in [2.75, 3.05) is 6.61 Å². The molecule has 1 heterocycles. The zero-order valence-electron chi connectivity index (χ0n) is 9.97. The summed E-state index contributed by atoms with van der Waals surface area (Å²) in [6, 6.07) is 7.61. The Morgan fingerprint density at radius 3 is 2.89 bits per heavy atom. The fraction of sp³-hybridized carbons (Fsp3) is 0.308. The molecule has 96 valence electrons. The number of aromatic nitrogens is 1. The summed E-state index contributed by atoms with van der Waals surface area (Å²) in [6.07, 6.45) is 0.878. The van der Waals surface area contributed by atoms with Crippen molar-refractivity contribution in [3.8, 4) is 0 Å². The zero-order valence-corrected chi connectivity index (χ0v) is 10.7. The summed E-state index contributed by atoms with van der Waals surface area (Å²) in [4.78, 5) is 11.1. The Morgan fingerprint density at radius 1 is 1.50 bits per heavy atom. The van der Waals surface area contributed by atoms with Crippen molar-refractivity contribution >= 4 is 28.5 Å². The number of benzene rings is 1. The molecule has 0 aliphatic heterocycles. The zero-order chi connectivity index (χ0) is 13.1. The second-order valence-electron chi connectivity index (χ2n) is 3.93. The van der Waals surface area contributed by atoms with Crippen molar-refractivity contribution in [3.63, 3.8) is 0 Å². The molecule has 0 bridgehead atoms. The van der Waals surface area contributed by atoms with Gasteiger partial charge in [-0.15, -0.1) is 0 Å². The quantitative estimate of drug-likeness (QED) is 0.906. The molecule has 1 N–H and O–H groups in total. The second-order valence-corrected chi connectivity index (χ2v) is 4.34. The predicted molar refractivity (Wildman–Crippen MR) is 70.0 cm³/mol. The van der Waals surface area contributed by atoms with E-state index in [0.717, 1.165) is 10.9 Å². The van der Waals surface area contributed by atoms with Gasteiger partial charge in [0.2, 0.25) is 0 Å². The number of fused-ring (bicyclic) bond motifs is 1. The first-order valence-electron chi connectivity index (χ1n) is 5.71. The van der Waals surface area contributed by atoms with E-state index in [-0.39, 0.29) is 6.54 Å². The molecule has 0 amide bonds. The average Bonchev–Trinajstić information content (AvgIpc) is 2.66. The Kier molecular flexibility index (Phi) is 3.89. The number of carbonyl (C=O) groups is 1. The average molecular weight is 268 g/mol. The minimum absolute atomic E-state index is 0.246. The lowest BCUT2D eigenvalue weighted by atomic mass is 10.2. The highest BCUT2D eigenvalue weighted by molar-refractivity contribution is 6.35. The molecule has 0 spiro atoms. The highest BCUT2D eigenvalue weighted by Gasteiger charge is 2.19. The Bertz CT molecular complexity index is 564. The first-order valence-corrected chi connectivity index (χ1v) is 6.09. The number of halogens is 1. The third-order valence-corrected chi connectivity index (χ3v) is 3.05. The van der Waals surface area contributed by atoms with Gasteiger partial charge in [-0.25, -0.2) is 4.79 Å². The molecule has 1 atom stereocenters. The Morgan fingerprint density at radius 2 is 2.22 bits per heavy atom. The number of ether oxygens (including phenoxy) is 1. The van der Waals surface area contributed by atoms with Crippen LogP contribution in [0.3, 0.4) is 0 Å². The minimum Gasteiger partial charge on any atom is -0.479 e. The first-order chi connectivity index (χ1) is 8.63. The largest absolute Gasteiger partial charge is 0.479 e. The van der Waals surface area contributed by atoms with Gasteiger partial charge in [0.15, 0.2) is 6.10 Å². The van der Waals surface area contributed by atoms with Gasteiger partial charge in [-0.05, 0) is 13.0 Å². The van der Waals surface area contributed by atoms with Crippen LogP contribution >= 0.6 is 11.6 Å². The van der Waals surface area contributed by atoms with Crippen LogP contribution in [-0.4, -0.2) is 28.4 Å². The standard InChI is InChI=1S/C13H14ClNO3/c1-2-18-12(13(16)17)8-15-7-10(14)9-5-3-4-6-11(9)15/h3-7,12H,2,8H2,1H3,(H,16,17). The van der Waals surface area contributed by atoms with E-state index < -0.39 is 12.1 Å².